The number of para-hydroxylation sites is 1. The van der Waals surface area contributed by atoms with Crippen molar-refractivity contribution in [2.45, 2.75) is 58.7 Å². The lowest BCUT2D eigenvalue weighted by Gasteiger charge is -2.33. The first-order valence-electron chi connectivity index (χ1n) is 12.8. The van der Waals surface area contributed by atoms with Crippen LogP contribution in [0.3, 0.4) is 0 Å². The van der Waals surface area contributed by atoms with Gasteiger partial charge < -0.3 is 9.47 Å². The zero-order chi connectivity index (χ0) is 26.1. The summed E-state index contributed by atoms with van der Waals surface area (Å²) in [6.07, 6.45) is 7.85. The number of likely N-dealkylation sites (tertiary alicyclic amines) is 1. The Morgan fingerprint density at radius 2 is 1.92 bits per heavy atom. The number of amides is 3. The highest BCUT2D eigenvalue weighted by molar-refractivity contribution is 9.10. The van der Waals surface area contributed by atoms with Crippen molar-refractivity contribution in [2.75, 3.05) is 6.54 Å². The molecule has 8 heteroatoms. The van der Waals surface area contributed by atoms with Crippen LogP contribution < -0.4 is 0 Å². The number of benzene rings is 2. The lowest BCUT2D eigenvalue weighted by atomic mass is 10.0. The molecule has 0 N–H and O–H groups in total. The minimum absolute atomic E-state index is 0.122. The van der Waals surface area contributed by atoms with Gasteiger partial charge in [-0.05, 0) is 73.7 Å². The van der Waals surface area contributed by atoms with Crippen LogP contribution in [0.2, 0.25) is 0 Å². The molecule has 3 amide bonds. The first kappa shape index (κ1) is 25.8. The van der Waals surface area contributed by atoms with Gasteiger partial charge in [0.1, 0.15) is 6.54 Å². The van der Waals surface area contributed by atoms with Crippen molar-refractivity contribution < 1.29 is 14.4 Å². The molecular formula is C29H30BrN3O3S. The number of aryl methyl sites for hydroxylation is 1. The molecule has 0 unspecified atom stereocenters. The molecule has 3 aromatic rings. The van der Waals surface area contributed by atoms with Gasteiger partial charge in [-0.3, -0.25) is 19.3 Å². The predicted octanol–water partition coefficient (Wildman–Crippen LogP) is 6.60. The lowest BCUT2D eigenvalue weighted by Crippen LogP contribution is -2.43. The van der Waals surface area contributed by atoms with E-state index >= 15 is 0 Å². The summed E-state index contributed by atoms with van der Waals surface area (Å²) in [5, 5.41) is 0.713. The van der Waals surface area contributed by atoms with E-state index in [-0.39, 0.29) is 36.2 Å². The molecule has 192 valence electrons. The largest absolute Gasteiger partial charge is 0.338 e. The van der Waals surface area contributed by atoms with Crippen LogP contribution in [-0.2, 0) is 29.1 Å². The lowest BCUT2D eigenvalue weighted by molar-refractivity contribution is -0.135. The molecule has 0 saturated carbocycles. The van der Waals surface area contributed by atoms with Crippen molar-refractivity contribution in [1.29, 1.82) is 0 Å². The molecule has 2 aliphatic heterocycles. The summed E-state index contributed by atoms with van der Waals surface area (Å²) in [6, 6.07) is 14.0. The molecule has 5 rings (SSSR count). The molecule has 37 heavy (non-hydrogen) atoms. The number of hydrogen-bond acceptors (Lipinski definition) is 4. The highest BCUT2D eigenvalue weighted by Gasteiger charge is 2.35. The van der Waals surface area contributed by atoms with Crippen molar-refractivity contribution >= 4 is 61.7 Å². The molecule has 2 aromatic carbocycles. The molecule has 2 aliphatic rings. The Hall–Kier alpha value is -2.84. The Kier molecular flexibility index (Phi) is 7.58. The summed E-state index contributed by atoms with van der Waals surface area (Å²) in [6.45, 7) is 5.53. The number of hydrogen-bond donors (Lipinski definition) is 0. The van der Waals surface area contributed by atoms with Crippen molar-refractivity contribution in [3.05, 3.63) is 74.7 Å². The predicted molar refractivity (Wildman–Crippen MR) is 152 cm³/mol. The second kappa shape index (κ2) is 10.9. The topological polar surface area (TPSA) is 62.6 Å². The molecular weight excluding hydrogens is 550 g/mol. The number of imide groups is 1. The Bertz CT molecular complexity index is 1400. The average Bonchev–Trinajstić information content (AvgIpc) is 3.37. The minimum atomic E-state index is -0.288. The Morgan fingerprint density at radius 3 is 2.65 bits per heavy atom. The molecule has 1 atom stereocenters. The van der Waals surface area contributed by atoms with Crippen molar-refractivity contribution in [3.8, 4) is 0 Å². The van der Waals surface area contributed by atoms with Crippen LogP contribution in [0.15, 0.2) is 58.0 Å². The van der Waals surface area contributed by atoms with Gasteiger partial charge in [0.15, 0.2) is 0 Å². The average molecular weight is 581 g/mol. The molecule has 3 heterocycles. The maximum Gasteiger partial charge on any atom is 0.293 e. The number of piperidine rings is 1. The fourth-order valence-electron chi connectivity index (χ4n) is 5.25. The summed E-state index contributed by atoms with van der Waals surface area (Å²) >= 11 is 4.38. The minimum Gasteiger partial charge on any atom is -0.338 e. The summed E-state index contributed by atoms with van der Waals surface area (Å²) in [7, 11) is 0. The van der Waals surface area contributed by atoms with Gasteiger partial charge in [0.05, 0.1) is 17.0 Å². The summed E-state index contributed by atoms with van der Waals surface area (Å²) < 4.78 is 2.97. The summed E-state index contributed by atoms with van der Waals surface area (Å²) in [5.74, 6) is -0.167. The van der Waals surface area contributed by atoms with E-state index in [1.807, 2.05) is 52.1 Å². The SMILES string of the molecule is CCc1cccc2c(/C=C3\SC(=O)N(Cc4ccc(Br)cc4)C3=O)cn(CC(=O)N3CCCC[C@H]3C)c12. The normalized spacial score (nSPS) is 19.4. The highest BCUT2D eigenvalue weighted by Crippen LogP contribution is 2.36. The molecule has 0 bridgehead atoms. The van der Waals surface area contributed by atoms with Crippen LogP contribution in [0.25, 0.3) is 17.0 Å². The molecule has 2 saturated heterocycles. The standard InChI is InChI=1S/C29H30BrN3O3S/c1-3-21-8-6-9-24-22(17-31(27(21)24)18-26(34)32-14-5-4-7-19(32)2)15-25-28(35)33(29(36)37-25)16-20-10-12-23(30)13-11-20/h6,8-13,15,17,19H,3-5,7,14,16,18H2,1-2H3/b25-15-/t19-/m1/s1. The third-order valence-electron chi connectivity index (χ3n) is 7.24. The van der Waals surface area contributed by atoms with Gasteiger partial charge in [0.25, 0.3) is 11.1 Å². The van der Waals surface area contributed by atoms with Crippen LogP contribution in [0, 0.1) is 0 Å². The second-order valence-corrected chi connectivity index (χ2v) is 11.6. The van der Waals surface area contributed by atoms with E-state index in [4.69, 9.17) is 0 Å². The maximum atomic E-state index is 13.3. The van der Waals surface area contributed by atoms with Crippen LogP contribution >= 0.6 is 27.7 Å². The number of thioether (sulfide) groups is 1. The molecule has 0 spiro atoms. The van der Waals surface area contributed by atoms with E-state index in [9.17, 15) is 14.4 Å². The number of nitrogens with zero attached hydrogens (tertiary/aromatic N) is 3. The number of fused-ring (bicyclic) bond motifs is 1. The quantitative estimate of drug-likeness (QED) is 0.308. The van der Waals surface area contributed by atoms with Gasteiger partial charge in [-0.1, -0.05) is 53.2 Å². The van der Waals surface area contributed by atoms with E-state index in [0.717, 1.165) is 69.6 Å². The van der Waals surface area contributed by atoms with Gasteiger partial charge in [0, 0.05) is 34.2 Å². The summed E-state index contributed by atoms with van der Waals surface area (Å²) in [5.41, 5.74) is 3.91. The van der Waals surface area contributed by atoms with Gasteiger partial charge in [0.2, 0.25) is 5.91 Å². The van der Waals surface area contributed by atoms with Gasteiger partial charge in [-0.15, -0.1) is 0 Å². The Morgan fingerprint density at radius 1 is 1.14 bits per heavy atom. The molecule has 6 nitrogen and oxygen atoms in total. The number of halogens is 1. The smallest absolute Gasteiger partial charge is 0.293 e. The van der Waals surface area contributed by atoms with Crippen LogP contribution in [0.5, 0.6) is 0 Å². The maximum absolute atomic E-state index is 13.3. The van der Waals surface area contributed by atoms with Crippen molar-refractivity contribution in [3.63, 3.8) is 0 Å². The van der Waals surface area contributed by atoms with Crippen LogP contribution in [-0.4, -0.2) is 44.0 Å². The van der Waals surface area contributed by atoms with E-state index in [2.05, 4.69) is 35.8 Å². The van der Waals surface area contributed by atoms with E-state index in [1.165, 1.54) is 11.3 Å². The zero-order valence-electron chi connectivity index (χ0n) is 21.1. The van der Waals surface area contributed by atoms with Gasteiger partial charge >= 0.3 is 0 Å². The number of carbonyl (C=O) groups excluding carboxylic acids is 3. The van der Waals surface area contributed by atoms with Crippen LogP contribution in [0.4, 0.5) is 4.79 Å². The third kappa shape index (κ3) is 5.27. The monoisotopic (exact) mass is 579 g/mol. The van der Waals surface area contributed by atoms with Gasteiger partial charge in [-0.2, -0.15) is 0 Å². The second-order valence-electron chi connectivity index (χ2n) is 9.71. The first-order chi connectivity index (χ1) is 17.9. The van der Waals surface area contributed by atoms with Crippen LogP contribution in [0.1, 0.15) is 49.8 Å². The fraction of sp³-hybridized carbons (Fsp3) is 0.345. The van der Waals surface area contributed by atoms with E-state index in [1.54, 1.807) is 6.08 Å². The van der Waals surface area contributed by atoms with Crippen molar-refractivity contribution in [1.82, 2.24) is 14.4 Å². The fourth-order valence-corrected chi connectivity index (χ4v) is 6.34. The molecule has 1 aromatic heterocycles. The van der Waals surface area contributed by atoms with E-state index in [0.29, 0.717) is 4.91 Å². The Balaban J connectivity index is 1.46. The van der Waals surface area contributed by atoms with Gasteiger partial charge in [-0.25, -0.2) is 0 Å². The number of rotatable bonds is 6. The number of aromatic nitrogens is 1. The summed E-state index contributed by atoms with van der Waals surface area (Å²) in [4.78, 5) is 42.9. The zero-order valence-corrected chi connectivity index (χ0v) is 23.5. The molecule has 2 fully saturated rings. The third-order valence-corrected chi connectivity index (χ3v) is 8.67. The first-order valence-corrected chi connectivity index (χ1v) is 14.4. The van der Waals surface area contributed by atoms with E-state index < -0.39 is 0 Å². The molecule has 0 aliphatic carbocycles. The number of carbonyl (C=O) groups is 3. The highest BCUT2D eigenvalue weighted by atomic mass is 79.9. The van der Waals surface area contributed by atoms with Crippen molar-refractivity contribution in [2.24, 2.45) is 0 Å². The molecule has 0 radical (unpaired) electrons. The Labute approximate surface area is 229 Å².